The van der Waals surface area contributed by atoms with Gasteiger partial charge in [-0.1, -0.05) is 0 Å². The van der Waals surface area contributed by atoms with Gasteiger partial charge in [-0.3, -0.25) is 0 Å². The third-order valence-electron chi connectivity index (χ3n) is 3.50. The number of rotatable bonds is 0. The van der Waals surface area contributed by atoms with Crippen molar-refractivity contribution in [1.29, 1.82) is 0 Å². The maximum absolute atomic E-state index is 13.1. The lowest BCUT2D eigenvalue weighted by molar-refractivity contribution is -0.0790. The number of pyridine rings is 1. The van der Waals surface area contributed by atoms with E-state index < -0.39 is 11.5 Å². The number of ether oxygens (including phenoxy) is 1. The first kappa shape index (κ1) is 10.7. The van der Waals surface area contributed by atoms with E-state index in [1.165, 1.54) is 0 Å². The second kappa shape index (κ2) is 3.52. The van der Waals surface area contributed by atoms with E-state index in [-0.39, 0.29) is 12.8 Å². The van der Waals surface area contributed by atoms with Crippen LogP contribution in [0.4, 0.5) is 8.78 Å². The summed E-state index contributed by atoms with van der Waals surface area (Å²) < 4.78 is 32.1. The summed E-state index contributed by atoms with van der Waals surface area (Å²) in [5.74, 6) is -1.98. The van der Waals surface area contributed by atoms with Crippen LogP contribution in [0.2, 0.25) is 0 Å². The van der Waals surface area contributed by atoms with Crippen LogP contribution in [0.15, 0.2) is 24.4 Å². The number of hydrogen-bond acceptors (Lipinski definition) is 2. The van der Waals surface area contributed by atoms with Gasteiger partial charge in [0.2, 0.25) is 11.8 Å². The van der Waals surface area contributed by atoms with Crippen LogP contribution in [0, 0.1) is 0 Å². The highest BCUT2D eigenvalue weighted by Gasteiger charge is 2.44. The zero-order valence-electron chi connectivity index (χ0n) is 9.33. The summed E-state index contributed by atoms with van der Waals surface area (Å²) in [5, 5.41) is 0. The summed E-state index contributed by atoms with van der Waals surface area (Å²) in [6.07, 6.45) is 5.97. The van der Waals surface area contributed by atoms with Gasteiger partial charge in [-0.15, -0.1) is 0 Å². The van der Waals surface area contributed by atoms with Crippen LogP contribution >= 0.6 is 0 Å². The van der Waals surface area contributed by atoms with Crippen molar-refractivity contribution in [2.45, 2.75) is 37.2 Å². The SMILES string of the molecule is FC1(F)CCC2(C=Cc3cccnc3O2)CC1. The van der Waals surface area contributed by atoms with E-state index >= 15 is 0 Å². The molecule has 1 spiro atoms. The first-order valence-electron chi connectivity index (χ1n) is 5.80. The van der Waals surface area contributed by atoms with E-state index in [1.807, 2.05) is 24.3 Å². The molecule has 0 bridgehead atoms. The number of aromatic nitrogens is 1. The van der Waals surface area contributed by atoms with Gasteiger partial charge in [0.25, 0.3) is 0 Å². The molecule has 1 aliphatic heterocycles. The summed E-state index contributed by atoms with van der Waals surface area (Å²) in [5.41, 5.74) is 0.346. The predicted molar refractivity (Wildman–Crippen MR) is 60.0 cm³/mol. The van der Waals surface area contributed by atoms with Crippen molar-refractivity contribution in [3.63, 3.8) is 0 Å². The van der Waals surface area contributed by atoms with Gasteiger partial charge in [0.1, 0.15) is 5.60 Å². The molecule has 2 nitrogen and oxygen atoms in total. The third kappa shape index (κ3) is 1.92. The third-order valence-corrected chi connectivity index (χ3v) is 3.50. The molecule has 1 aliphatic carbocycles. The Labute approximate surface area is 98.3 Å². The van der Waals surface area contributed by atoms with Gasteiger partial charge in [-0.2, -0.15) is 0 Å². The Morgan fingerprint density at radius 3 is 2.71 bits per heavy atom. The maximum atomic E-state index is 13.1. The fourth-order valence-corrected chi connectivity index (χ4v) is 2.39. The van der Waals surface area contributed by atoms with Gasteiger partial charge in [-0.25, -0.2) is 13.8 Å². The molecule has 0 unspecified atom stereocenters. The highest BCUT2D eigenvalue weighted by molar-refractivity contribution is 5.58. The summed E-state index contributed by atoms with van der Waals surface area (Å²) >= 11 is 0. The van der Waals surface area contributed by atoms with Crippen LogP contribution in [0.3, 0.4) is 0 Å². The van der Waals surface area contributed by atoms with Crippen LogP contribution in [0.1, 0.15) is 31.2 Å². The lowest BCUT2D eigenvalue weighted by Crippen LogP contribution is -2.43. The number of alkyl halides is 2. The van der Waals surface area contributed by atoms with Gasteiger partial charge in [0.15, 0.2) is 0 Å². The minimum atomic E-state index is -2.53. The van der Waals surface area contributed by atoms with E-state index in [4.69, 9.17) is 4.74 Å². The molecule has 90 valence electrons. The molecule has 1 aromatic heterocycles. The lowest BCUT2D eigenvalue weighted by atomic mass is 9.81. The molecule has 4 heteroatoms. The van der Waals surface area contributed by atoms with Crippen molar-refractivity contribution >= 4 is 6.08 Å². The molecule has 1 aromatic rings. The maximum Gasteiger partial charge on any atom is 0.248 e. The molecule has 17 heavy (non-hydrogen) atoms. The fraction of sp³-hybridized carbons (Fsp3) is 0.462. The second-order valence-electron chi connectivity index (χ2n) is 4.75. The molecule has 0 saturated heterocycles. The Morgan fingerprint density at radius 1 is 1.18 bits per heavy atom. The Hall–Kier alpha value is -1.45. The van der Waals surface area contributed by atoms with Gasteiger partial charge in [0, 0.05) is 24.6 Å². The van der Waals surface area contributed by atoms with Crippen LogP contribution in [0.5, 0.6) is 5.88 Å². The zero-order chi connectivity index (χ0) is 11.9. The highest BCUT2D eigenvalue weighted by Crippen LogP contribution is 2.43. The molecule has 1 saturated carbocycles. The van der Waals surface area contributed by atoms with Crippen LogP contribution in [0.25, 0.3) is 6.08 Å². The van der Waals surface area contributed by atoms with Gasteiger partial charge >= 0.3 is 0 Å². The number of halogens is 2. The summed E-state index contributed by atoms with van der Waals surface area (Å²) in [4.78, 5) is 4.14. The van der Waals surface area contributed by atoms with E-state index in [1.54, 1.807) is 6.20 Å². The van der Waals surface area contributed by atoms with Crippen molar-refractivity contribution in [2.75, 3.05) is 0 Å². The molecular weight excluding hydrogens is 224 g/mol. The van der Waals surface area contributed by atoms with Gasteiger partial charge in [-0.05, 0) is 37.1 Å². The average molecular weight is 237 g/mol. The normalized spacial score (nSPS) is 24.1. The molecule has 0 amide bonds. The first-order chi connectivity index (χ1) is 8.09. The summed E-state index contributed by atoms with van der Waals surface area (Å²) in [6.45, 7) is 0. The summed E-state index contributed by atoms with van der Waals surface area (Å²) in [6, 6.07) is 3.74. The molecule has 3 rings (SSSR count). The number of nitrogens with zero attached hydrogens (tertiary/aromatic N) is 1. The van der Waals surface area contributed by atoms with Crippen molar-refractivity contribution in [3.8, 4) is 5.88 Å². The number of fused-ring (bicyclic) bond motifs is 1. The highest BCUT2D eigenvalue weighted by atomic mass is 19.3. The Bertz CT molecular complexity index is 460. The smallest absolute Gasteiger partial charge is 0.248 e. The Morgan fingerprint density at radius 2 is 1.94 bits per heavy atom. The molecular formula is C13H13F2NO. The minimum Gasteiger partial charge on any atom is -0.466 e. The van der Waals surface area contributed by atoms with Crippen LogP contribution in [-0.2, 0) is 0 Å². The number of hydrogen-bond donors (Lipinski definition) is 0. The van der Waals surface area contributed by atoms with Crippen LogP contribution < -0.4 is 4.74 Å². The van der Waals surface area contributed by atoms with Crippen molar-refractivity contribution in [2.24, 2.45) is 0 Å². The molecule has 0 radical (unpaired) electrons. The lowest BCUT2D eigenvalue weighted by Gasteiger charge is -2.39. The van der Waals surface area contributed by atoms with Crippen molar-refractivity contribution in [3.05, 3.63) is 30.0 Å². The molecule has 1 fully saturated rings. The van der Waals surface area contributed by atoms with Crippen LogP contribution in [-0.4, -0.2) is 16.5 Å². The first-order valence-corrected chi connectivity index (χ1v) is 5.80. The molecule has 0 N–H and O–H groups in total. The van der Waals surface area contributed by atoms with E-state index in [0.717, 1.165) is 5.56 Å². The van der Waals surface area contributed by atoms with Crippen molar-refractivity contribution in [1.82, 2.24) is 4.98 Å². The van der Waals surface area contributed by atoms with Gasteiger partial charge in [0.05, 0.1) is 0 Å². The molecule has 2 aliphatic rings. The standard InChI is InChI=1S/C13H13F2NO/c14-13(15)7-5-12(6-8-13)4-3-10-2-1-9-16-11(10)17-12/h1-4,9H,5-8H2. The minimum absolute atomic E-state index is 0.112. The second-order valence-corrected chi connectivity index (χ2v) is 4.75. The van der Waals surface area contributed by atoms with E-state index in [9.17, 15) is 8.78 Å². The van der Waals surface area contributed by atoms with Crippen molar-refractivity contribution < 1.29 is 13.5 Å². The average Bonchev–Trinajstić information content (AvgIpc) is 2.34. The summed E-state index contributed by atoms with van der Waals surface area (Å²) in [7, 11) is 0. The molecule has 0 aromatic carbocycles. The zero-order valence-corrected chi connectivity index (χ0v) is 9.33. The Balaban J connectivity index is 1.85. The fourth-order valence-electron chi connectivity index (χ4n) is 2.39. The Kier molecular flexibility index (Phi) is 2.21. The van der Waals surface area contributed by atoms with E-state index in [2.05, 4.69) is 4.98 Å². The molecule has 0 atom stereocenters. The molecule has 2 heterocycles. The van der Waals surface area contributed by atoms with Gasteiger partial charge < -0.3 is 4.74 Å². The quantitative estimate of drug-likeness (QED) is 0.689. The topological polar surface area (TPSA) is 22.1 Å². The predicted octanol–water partition coefficient (Wildman–Crippen LogP) is 3.44. The largest absolute Gasteiger partial charge is 0.466 e. The van der Waals surface area contributed by atoms with E-state index in [0.29, 0.717) is 18.7 Å². The monoisotopic (exact) mass is 237 g/mol.